The Labute approximate surface area is 114 Å². The zero-order chi connectivity index (χ0) is 13.2. The van der Waals surface area contributed by atoms with Crippen LogP contribution < -0.4 is 5.32 Å². The molecule has 2 rings (SSSR count). The molecular weight excluding hydrogens is 298 g/mol. The van der Waals surface area contributed by atoms with E-state index in [-0.39, 0.29) is 17.2 Å². The average molecular weight is 314 g/mol. The van der Waals surface area contributed by atoms with E-state index in [0.29, 0.717) is 16.6 Å². The van der Waals surface area contributed by atoms with Gasteiger partial charge in [-0.15, -0.1) is 0 Å². The fourth-order valence-electron chi connectivity index (χ4n) is 2.03. The Kier molecular flexibility index (Phi) is 3.92. The Morgan fingerprint density at radius 1 is 1.56 bits per heavy atom. The smallest absolute Gasteiger partial charge is 0.251 e. The predicted molar refractivity (Wildman–Crippen MR) is 71.7 cm³/mol. The SMILES string of the molecule is CC1(NC(=O)c2ccc(Br)c(O)c2)CCCOC1. The van der Waals surface area contributed by atoms with Gasteiger partial charge >= 0.3 is 0 Å². The van der Waals surface area contributed by atoms with Gasteiger partial charge in [0.25, 0.3) is 5.91 Å². The molecule has 1 amide bonds. The second-order valence-electron chi connectivity index (χ2n) is 4.84. The molecule has 0 spiro atoms. The number of amides is 1. The van der Waals surface area contributed by atoms with Crippen molar-refractivity contribution in [3.63, 3.8) is 0 Å². The van der Waals surface area contributed by atoms with Crippen LogP contribution in [0.5, 0.6) is 5.75 Å². The number of halogens is 1. The number of carbonyl (C=O) groups excluding carboxylic acids is 1. The summed E-state index contributed by atoms with van der Waals surface area (Å²) >= 11 is 3.19. The highest BCUT2D eigenvalue weighted by atomic mass is 79.9. The van der Waals surface area contributed by atoms with Crippen LogP contribution in [0.25, 0.3) is 0 Å². The molecule has 1 aliphatic rings. The Morgan fingerprint density at radius 3 is 2.94 bits per heavy atom. The van der Waals surface area contributed by atoms with Crippen LogP contribution in [0.3, 0.4) is 0 Å². The molecule has 1 unspecified atom stereocenters. The normalized spacial score (nSPS) is 23.7. The van der Waals surface area contributed by atoms with E-state index in [1.54, 1.807) is 12.1 Å². The summed E-state index contributed by atoms with van der Waals surface area (Å²) in [6.07, 6.45) is 1.85. The summed E-state index contributed by atoms with van der Waals surface area (Å²) in [5, 5.41) is 12.5. The van der Waals surface area contributed by atoms with Gasteiger partial charge in [-0.05, 0) is 53.9 Å². The van der Waals surface area contributed by atoms with E-state index in [9.17, 15) is 9.90 Å². The molecule has 0 radical (unpaired) electrons. The van der Waals surface area contributed by atoms with Gasteiger partial charge in [0.05, 0.1) is 16.6 Å². The number of phenols is 1. The fourth-order valence-corrected chi connectivity index (χ4v) is 2.28. The third kappa shape index (κ3) is 3.03. The maximum absolute atomic E-state index is 12.1. The minimum Gasteiger partial charge on any atom is -0.507 e. The highest BCUT2D eigenvalue weighted by molar-refractivity contribution is 9.10. The minimum atomic E-state index is -0.321. The van der Waals surface area contributed by atoms with Crippen LogP contribution in [-0.2, 0) is 4.74 Å². The van der Waals surface area contributed by atoms with Crippen LogP contribution in [0.15, 0.2) is 22.7 Å². The molecule has 0 aliphatic carbocycles. The molecule has 98 valence electrons. The summed E-state index contributed by atoms with van der Waals surface area (Å²) < 4.78 is 5.97. The van der Waals surface area contributed by atoms with Crippen LogP contribution in [-0.4, -0.2) is 29.8 Å². The van der Waals surface area contributed by atoms with Crippen LogP contribution in [0.1, 0.15) is 30.1 Å². The monoisotopic (exact) mass is 313 g/mol. The zero-order valence-electron chi connectivity index (χ0n) is 10.2. The number of phenolic OH excluding ortho intramolecular Hbond substituents is 1. The first-order chi connectivity index (χ1) is 8.50. The second-order valence-corrected chi connectivity index (χ2v) is 5.69. The molecular formula is C13H16BrNO3. The van der Waals surface area contributed by atoms with Gasteiger partial charge in [-0.3, -0.25) is 4.79 Å². The maximum Gasteiger partial charge on any atom is 0.251 e. The molecule has 0 bridgehead atoms. The molecule has 5 heteroatoms. The maximum atomic E-state index is 12.1. The predicted octanol–water partition coefficient (Wildman–Crippen LogP) is 2.45. The Hall–Kier alpha value is -1.07. The van der Waals surface area contributed by atoms with Gasteiger partial charge in [0.15, 0.2) is 0 Å². The van der Waals surface area contributed by atoms with Crippen LogP contribution in [0, 0.1) is 0 Å². The molecule has 1 aromatic rings. The number of hydrogen-bond acceptors (Lipinski definition) is 3. The van der Waals surface area contributed by atoms with E-state index in [1.807, 2.05) is 6.92 Å². The molecule has 1 fully saturated rings. The first-order valence-electron chi connectivity index (χ1n) is 5.89. The van der Waals surface area contributed by atoms with E-state index in [4.69, 9.17) is 4.74 Å². The molecule has 1 aromatic carbocycles. The van der Waals surface area contributed by atoms with Crippen LogP contribution in [0.2, 0.25) is 0 Å². The average Bonchev–Trinajstić information content (AvgIpc) is 2.33. The van der Waals surface area contributed by atoms with E-state index >= 15 is 0 Å². The molecule has 1 heterocycles. The van der Waals surface area contributed by atoms with Crippen molar-refractivity contribution < 1.29 is 14.6 Å². The van der Waals surface area contributed by atoms with Gasteiger partial charge in [0.1, 0.15) is 5.75 Å². The number of aromatic hydroxyl groups is 1. The molecule has 1 aliphatic heterocycles. The summed E-state index contributed by atoms with van der Waals surface area (Å²) in [6, 6.07) is 4.78. The van der Waals surface area contributed by atoms with E-state index in [2.05, 4.69) is 21.2 Å². The summed E-state index contributed by atoms with van der Waals surface area (Å²) in [6.45, 7) is 3.26. The van der Waals surface area contributed by atoms with Crippen molar-refractivity contribution >= 4 is 21.8 Å². The number of hydrogen-bond donors (Lipinski definition) is 2. The third-order valence-corrected chi connectivity index (χ3v) is 3.73. The lowest BCUT2D eigenvalue weighted by atomic mass is 9.94. The van der Waals surface area contributed by atoms with Crippen molar-refractivity contribution in [1.29, 1.82) is 0 Å². The van der Waals surface area contributed by atoms with E-state index < -0.39 is 0 Å². The zero-order valence-corrected chi connectivity index (χ0v) is 11.8. The summed E-state index contributed by atoms with van der Waals surface area (Å²) in [7, 11) is 0. The Morgan fingerprint density at radius 2 is 2.33 bits per heavy atom. The Balaban J connectivity index is 2.09. The van der Waals surface area contributed by atoms with Crippen molar-refractivity contribution in [3.05, 3.63) is 28.2 Å². The number of ether oxygens (including phenoxy) is 1. The standard InChI is InChI=1S/C13H16BrNO3/c1-13(5-2-6-18-8-13)15-12(17)9-3-4-10(14)11(16)7-9/h3-4,7,16H,2,5-6,8H2,1H3,(H,15,17). The number of carbonyl (C=O) groups is 1. The van der Waals surface area contributed by atoms with Gasteiger partial charge in [-0.1, -0.05) is 0 Å². The van der Waals surface area contributed by atoms with Crippen molar-refractivity contribution in [2.45, 2.75) is 25.3 Å². The van der Waals surface area contributed by atoms with Gasteiger partial charge in [0, 0.05) is 12.2 Å². The lowest BCUT2D eigenvalue weighted by molar-refractivity contribution is 0.0272. The molecule has 1 saturated heterocycles. The van der Waals surface area contributed by atoms with Crippen molar-refractivity contribution in [1.82, 2.24) is 5.32 Å². The topological polar surface area (TPSA) is 58.6 Å². The quantitative estimate of drug-likeness (QED) is 0.881. The number of nitrogens with one attached hydrogen (secondary N) is 1. The van der Waals surface area contributed by atoms with Gasteiger partial charge in [-0.2, -0.15) is 0 Å². The minimum absolute atomic E-state index is 0.0627. The molecule has 4 nitrogen and oxygen atoms in total. The molecule has 1 atom stereocenters. The van der Waals surface area contributed by atoms with Gasteiger partial charge in [0.2, 0.25) is 0 Å². The lowest BCUT2D eigenvalue weighted by Crippen LogP contribution is -2.51. The van der Waals surface area contributed by atoms with E-state index in [1.165, 1.54) is 6.07 Å². The van der Waals surface area contributed by atoms with Gasteiger partial charge < -0.3 is 15.2 Å². The van der Waals surface area contributed by atoms with Crippen LogP contribution in [0.4, 0.5) is 0 Å². The van der Waals surface area contributed by atoms with Crippen molar-refractivity contribution in [2.24, 2.45) is 0 Å². The number of rotatable bonds is 2. The summed E-state index contributed by atoms with van der Waals surface area (Å²) in [5.74, 6) is -0.126. The second kappa shape index (κ2) is 5.28. The lowest BCUT2D eigenvalue weighted by Gasteiger charge is -2.34. The molecule has 18 heavy (non-hydrogen) atoms. The first kappa shape index (κ1) is 13.4. The molecule has 2 N–H and O–H groups in total. The first-order valence-corrected chi connectivity index (χ1v) is 6.68. The van der Waals surface area contributed by atoms with Gasteiger partial charge in [-0.25, -0.2) is 0 Å². The molecule has 0 saturated carbocycles. The van der Waals surface area contributed by atoms with Crippen molar-refractivity contribution in [2.75, 3.05) is 13.2 Å². The molecule has 0 aromatic heterocycles. The highest BCUT2D eigenvalue weighted by Crippen LogP contribution is 2.25. The largest absolute Gasteiger partial charge is 0.507 e. The van der Waals surface area contributed by atoms with E-state index in [0.717, 1.165) is 19.4 Å². The number of benzene rings is 1. The third-order valence-electron chi connectivity index (χ3n) is 3.06. The highest BCUT2D eigenvalue weighted by Gasteiger charge is 2.29. The summed E-state index contributed by atoms with van der Waals surface area (Å²) in [5.41, 5.74) is 0.125. The van der Waals surface area contributed by atoms with Crippen LogP contribution >= 0.6 is 15.9 Å². The summed E-state index contributed by atoms with van der Waals surface area (Å²) in [4.78, 5) is 12.1. The van der Waals surface area contributed by atoms with Crippen molar-refractivity contribution in [3.8, 4) is 5.75 Å². The Bertz CT molecular complexity index is 456. The fraction of sp³-hybridized carbons (Fsp3) is 0.462.